The molecule has 1 amide bonds. The number of piperidine rings is 1. The largest absolute Gasteiger partial charge is 0.493 e. The number of ketones is 1. The van der Waals surface area contributed by atoms with E-state index in [4.69, 9.17) is 18.9 Å². The molecule has 0 bridgehead atoms. The Bertz CT molecular complexity index is 1080. The van der Waals surface area contributed by atoms with Crippen molar-refractivity contribution in [3.05, 3.63) is 53.6 Å². The van der Waals surface area contributed by atoms with Crippen LogP contribution in [0, 0.1) is 11.8 Å². The lowest BCUT2D eigenvalue weighted by atomic mass is 9.88. The van der Waals surface area contributed by atoms with Crippen molar-refractivity contribution in [2.24, 2.45) is 11.8 Å². The molecule has 0 N–H and O–H groups in total. The summed E-state index contributed by atoms with van der Waals surface area (Å²) >= 11 is 0. The maximum absolute atomic E-state index is 13.0. The highest BCUT2D eigenvalue weighted by Crippen LogP contribution is 2.33. The number of rotatable bonds is 8. The highest BCUT2D eigenvalue weighted by Gasteiger charge is 2.28. The van der Waals surface area contributed by atoms with Gasteiger partial charge in [0.1, 0.15) is 13.2 Å². The van der Waals surface area contributed by atoms with Crippen LogP contribution in [0.5, 0.6) is 23.0 Å². The molecule has 4 rings (SSSR count). The van der Waals surface area contributed by atoms with Crippen LogP contribution in [0.4, 0.5) is 0 Å². The lowest BCUT2D eigenvalue weighted by Crippen LogP contribution is -2.39. The number of hydrogen-bond donors (Lipinski definition) is 0. The van der Waals surface area contributed by atoms with Gasteiger partial charge in [-0.1, -0.05) is 19.9 Å². The smallest absolute Gasteiger partial charge is 0.246 e. The Morgan fingerprint density at radius 3 is 2.49 bits per heavy atom. The summed E-state index contributed by atoms with van der Waals surface area (Å²) < 4.78 is 22.4. The fourth-order valence-electron chi connectivity index (χ4n) is 4.23. The van der Waals surface area contributed by atoms with Crippen LogP contribution in [-0.2, 0) is 4.79 Å². The molecule has 0 radical (unpaired) electrons. The first-order chi connectivity index (χ1) is 16.9. The third kappa shape index (κ3) is 6.15. The number of ether oxygens (including phenoxy) is 4. The van der Waals surface area contributed by atoms with Gasteiger partial charge in [0.15, 0.2) is 28.8 Å². The lowest BCUT2D eigenvalue weighted by Gasteiger charge is -2.30. The van der Waals surface area contributed by atoms with Gasteiger partial charge in [-0.15, -0.1) is 0 Å². The minimum Gasteiger partial charge on any atom is -0.493 e. The molecule has 186 valence electrons. The van der Waals surface area contributed by atoms with E-state index in [1.807, 2.05) is 18.2 Å². The molecule has 0 aromatic heterocycles. The second-order valence-electron chi connectivity index (χ2n) is 9.27. The van der Waals surface area contributed by atoms with Crippen molar-refractivity contribution in [3.63, 3.8) is 0 Å². The number of hydrogen-bond acceptors (Lipinski definition) is 6. The van der Waals surface area contributed by atoms with Crippen molar-refractivity contribution in [2.75, 3.05) is 40.0 Å². The lowest BCUT2D eigenvalue weighted by molar-refractivity contribution is -0.127. The zero-order chi connectivity index (χ0) is 24.8. The number of nitrogens with zero attached hydrogens (tertiary/aromatic N) is 1. The summed E-state index contributed by atoms with van der Waals surface area (Å²) in [4.78, 5) is 27.5. The van der Waals surface area contributed by atoms with Gasteiger partial charge in [0.05, 0.1) is 13.7 Å². The molecule has 0 unspecified atom stereocenters. The SMILES string of the molecule is COc1cc(C=CC(=O)N2CCC(C(=O)c3ccc4c(c3)OCCO4)CC2)ccc1OCC(C)C. The van der Waals surface area contributed by atoms with Crippen molar-refractivity contribution in [1.82, 2.24) is 4.90 Å². The summed E-state index contributed by atoms with van der Waals surface area (Å²) in [6, 6.07) is 11.0. The molecule has 2 aromatic rings. The highest BCUT2D eigenvalue weighted by atomic mass is 16.6. The van der Waals surface area contributed by atoms with E-state index in [2.05, 4.69) is 13.8 Å². The van der Waals surface area contributed by atoms with Crippen LogP contribution >= 0.6 is 0 Å². The van der Waals surface area contributed by atoms with Crippen molar-refractivity contribution >= 4 is 17.8 Å². The number of carbonyl (C=O) groups excluding carboxylic acids is 2. The van der Waals surface area contributed by atoms with Crippen LogP contribution in [0.3, 0.4) is 0 Å². The number of benzene rings is 2. The van der Waals surface area contributed by atoms with E-state index in [-0.39, 0.29) is 17.6 Å². The van der Waals surface area contributed by atoms with Crippen LogP contribution in [0.1, 0.15) is 42.6 Å². The molecule has 35 heavy (non-hydrogen) atoms. The number of Topliss-reactive ketones (excluding diaryl/α,β-unsaturated/α-hetero) is 1. The van der Waals surface area contributed by atoms with Gasteiger partial charge in [0.25, 0.3) is 0 Å². The standard InChI is InChI=1S/C28H33NO6/c1-19(2)18-35-23-7-4-20(16-25(23)32-3)5-9-27(30)29-12-10-21(11-13-29)28(31)22-6-8-24-26(17-22)34-15-14-33-24/h4-9,16-17,19,21H,10-15,18H2,1-3H3. The summed E-state index contributed by atoms with van der Waals surface area (Å²) in [6.45, 7) is 6.90. The van der Waals surface area contributed by atoms with Crippen LogP contribution < -0.4 is 18.9 Å². The van der Waals surface area contributed by atoms with Crippen molar-refractivity contribution < 1.29 is 28.5 Å². The van der Waals surface area contributed by atoms with Crippen LogP contribution in [0.2, 0.25) is 0 Å². The molecule has 0 atom stereocenters. The zero-order valence-corrected chi connectivity index (χ0v) is 20.6. The third-order valence-electron chi connectivity index (χ3n) is 6.18. The number of carbonyl (C=O) groups is 2. The average molecular weight is 480 g/mol. The second kappa shape index (κ2) is 11.3. The fourth-order valence-corrected chi connectivity index (χ4v) is 4.23. The van der Waals surface area contributed by atoms with Crippen LogP contribution in [-0.4, -0.2) is 56.6 Å². The number of methoxy groups -OCH3 is 1. The van der Waals surface area contributed by atoms with Gasteiger partial charge in [-0.05, 0) is 60.7 Å². The normalized spacial score (nSPS) is 15.9. The van der Waals surface area contributed by atoms with Gasteiger partial charge in [-0.25, -0.2) is 0 Å². The number of fused-ring (bicyclic) bond motifs is 1. The molecule has 2 aliphatic heterocycles. The Morgan fingerprint density at radius 2 is 1.77 bits per heavy atom. The minimum absolute atomic E-state index is 0.0608. The fraction of sp³-hybridized carbons (Fsp3) is 0.429. The quantitative estimate of drug-likeness (QED) is 0.406. The Morgan fingerprint density at radius 1 is 1.03 bits per heavy atom. The molecule has 0 spiro atoms. The molecule has 7 heteroatoms. The van der Waals surface area contributed by atoms with E-state index in [1.54, 1.807) is 42.4 Å². The summed E-state index contributed by atoms with van der Waals surface area (Å²) in [7, 11) is 1.60. The van der Waals surface area contributed by atoms with Gasteiger partial charge in [-0.2, -0.15) is 0 Å². The molecule has 2 heterocycles. The Kier molecular flexibility index (Phi) is 7.95. The van der Waals surface area contributed by atoms with Gasteiger partial charge < -0.3 is 23.8 Å². The first-order valence-corrected chi connectivity index (χ1v) is 12.2. The van der Waals surface area contributed by atoms with Gasteiger partial charge in [0.2, 0.25) is 5.91 Å². The molecular weight excluding hydrogens is 446 g/mol. The Labute approximate surface area is 206 Å². The molecule has 0 saturated carbocycles. The summed E-state index contributed by atoms with van der Waals surface area (Å²) in [5.41, 5.74) is 1.49. The van der Waals surface area contributed by atoms with Crippen LogP contribution in [0.25, 0.3) is 6.08 Å². The third-order valence-corrected chi connectivity index (χ3v) is 6.18. The topological polar surface area (TPSA) is 74.3 Å². The van der Waals surface area contributed by atoms with E-state index in [1.165, 1.54) is 0 Å². The van der Waals surface area contributed by atoms with Crippen molar-refractivity contribution in [3.8, 4) is 23.0 Å². The average Bonchev–Trinajstić information content (AvgIpc) is 2.90. The van der Waals surface area contributed by atoms with Gasteiger partial charge in [-0.3, -0.25) is 9.59 Å². The molecule has 2 aromatic carbocycles. The maximum atomic E-state index is 13.0. The van der Waals surface area contributed by atoms with Gasteiger partial charge >= 0.3 is 0 Å². The predicted octanol–water partition coefficient (Wildman–Crippen LogP) is 4.64. The van der Waals surface area contributed by atoms with E-state index in [0.29, 0.717) is 80.2 Å². The molecule has 1 saturated heterocycles. The van der Waals surface area contributed by atoms with E-state index < -0.39 is 0 Å². The van der Waals surface area contributed by atoms with Crippen molar-refractivity contribution in [1.29, 1.82) is 0 Å². The van der Waals surface area contributed by atoms with Gasteiger partial charge in [0, 0.05) is 30.6 Å². The first kappa shape index (κ1) is 24.6. The highest BCUT2D eigenvalue weighted by molar-refractivity contribution is 5.99. The zero-order valence-electron chi connectivity index (χ0n) is 20.6. The predicted molar refractivity (Wildman–Crippen MR) is 133 cm³/mol. The summed E-state index contributed by atoms with van der Waals surface area (Å²) in [6.07, 6.45) is 4.64. The van der Waals surface area contributed by atoms with E-state index in [0.717, 1.165) is 5.56 Å². The van der Waals surface area contributed by atoms with E-state index >= 15 is 0 Å². The van der Waals surface area contributed by atoms with Crippen LogP contribution in [0.15, 0.2) is 42.5 Å². The molecule has 0 aliphatic carbocycles. The molecule has 2 aliphatic rings. The number of amides is 1. The first-order valence-electron chi connectivity index (χ1n) is 12.2. The molecule has 1 fully saturated rings. The summed E-state index contributed by atoms with van der Waals surface area (Å²) in [5.74, 6) is 2.97. The second-order valence-corrected chi connectivity index (χ2v) is 9.27. The Balaban J connectivity index is 1.31. The van der Waals surface area contributed by atoms with Crippen molar-refractivity contribution in [2.45, 2.75) is 26.7 Å². The monoisotopic (exact) mass is 479 g/mol. The minimum atomic E-state index is -0.103. The maximum Gasteiger partial charge on any atom is 0.246 e. The summed E-state index contributed by atoms with van der Waals surface area (Å²) in [5, 5.41) is 0. The Hall–Kier alpha value is -3.48. The van der Waals surface area contributed by atoms with E-state index in [9.17, 15) is 9.59 Å². The number of likely N-dealkylation sites (tertiary alicyclic amines) is 1. The molecular formula is C28H33NO6. The molecule has 7 nitrogen and oxygen atoms in total.